The van der Waals surface area contributed by atoms with E-state index >= 15 is 0 Å². The lowest BCUT2D eigenvalue weighted by Crippen LogP contribution is -2.31. The minimum Gasteiger partial charge on any atom is -0.341 e. The number of nitrogens with zero attached hydrogens (tertiary/aromatic N) is 4. The van der Waals surface area contributed by atoms with E-state index in [1.54, 1.807) is 11.3 Å². The molecule has 0 amide bonds. The first kappa shape index (κ1) is 12.8. The Labute approximate surface area is 121 Å². The van der Waals surface area contributed by atoms with Gasteiger partial charge in [-0.25, -0.2) is 0 Å². The molecule has 0 bridgehead atoms. The minimum atomic E-state index is 0.275. The van der Waals surface area contributed by atoms with Gasteiger partial charge in [0.1, 0.15) is 0 Å². The highest BCUT2D eigenvalue weighted by molar-refractivity contribution is 7.15. The summed E-state index contributed by atoms with van der Waals surface area (Å²) in [7, 11) is 0. The lowest BCUT2D eigenvalue weighted by Gasteiger charge is -2.26. The molecule has 3 heterocycles. The van der Waals surface area contributed by atoms with Gasteiger partial charge in [0, 0.05) is 18.0 Å². The molecule has 0 unspecified atom stereocenters. The first-order valence-corrected chi connectivity index (χ1v) is 7.65. The molecule has 100 valence electrons. The number of anilines is 1. The zero-order valence-electron chi connectivity index (χ0n) is 10.8. The van der Waals surface area contributed by atoms with Crippen LogP contribution in [0, 0.1) is 6.92 Å². The predicted molar refractivity (Wildman–Crippen MR) is 79.0 cm³/mol. The van der Waals surface area contributed by atoms with E-state index in [4.69, 9.17) is 11.6 Å². The van der Waals surface area contributed by atoms with Crippen LogP contribution >= 0.6 is 22.9 Å². The van der Waals surface area contributed by atoms with Gasteiger partial charge >= 0.3 is 0 Å². The Morgan fingerprint density at radius 1 is 1.11 bits per heavy atom. The van der Waals surface area contributed by atoms with Crippen LogP contribution in [-0.2, 0) is 0 Å². The molecule has 0 radical (unpaired) electrons. The standard InChI is InChI=1S/C13H15ClN4S/c1-9-5-6-10(19-9)11-15-12(14)17-13(16-11)18-7-3-2-4-8-18/h5-6H,2-4,7-8H2,1H3. The van der Waals surface area contributed by atoms with Gasteiger partial charge in [-0.15, -0.1) is 11.3 Å². The maximum atomic E-state index is 6.04. The third-order valence-corrected chi connectivity index (χ3v) is 4.36. The molecular formula is C13H15ClN4S. The Hall–Kier alpha value is -1.20. The molecule has 1 saturated heterocycles. The molecule has 3 rings (SSSR count). The zero-order chi connectivity index (χ0) is 13.2. The van der Waals surface area contributed by atoms with Gasteiger partial charge in [-0.3, -0.25) is 0 Å². The molecule has 0 saturated carbocycles. The van der Waals surface area contributed by atoms with Crippen LogP contribution in [0.1, 0.15) is 24.1 Å². The van der Waals surface area contributed by atoms with Gasteiger partial charge in [0.05, 0.1) is 4.88 Å². The molecule has 1 aliphatic rings. The van der Waals surface area contributed by atoms with Gasteiger partial charge in [0.25, 0.3) is 0 Å². The van der Waals surface area contributed by atoms with Crippen LogP contribution in [0.5, 0.6) is 0 Å². The van der Waals surface area contributed by atoms with Gasteiger partial charge < -0.3 is 4.90 Å². The van der Waals surface area contributed by atoms with Crippen LogP contribution in [0.25, 0.3) is 10.7 Å². The van der Waals surface area contributed by atoms with E-state index < -0.39 is 0 Å². The normalized spacial score (nSPS) is 15.8. The Kier molecular flexibility index (Phi) is 3.66. The lowest BCUT2D eigenvalue weighted by atomic mass is 10.1. The van der Waals surface area contributed by atoms with E-state index in [0.29, 0.717) is 11.8 Å². The third-order valence-electron chi connectivity index (χ3n) is 3.20. The molecular weight excluding hydrogens is 280 g/mol. The van der Waals surface area contributed by atoms with Crippen molar-refractivity contribution in [2.75, 3.05) is 18.0 Å². The van der Waals surface area contributed by atoms with E-state index in [-0.39, 0.29) is 5.28 Å². The first-order chi connectivity index (χ1) is 9.22. The van der Waals surface area contributed by atoms with Crippen LogP contribution in [0.2, 0.25) is 5.28 Å². The van der Waals surface area contributed by atoms with Crippen LogP contribution in [-0.4, -0.2) is 28.0 Å². The summed E-state index contributed by atoms with van der Waals surface area (Å²) in [6, 6.07) is 4.10. The highest BCUT2D eigenvalue weighted by Crippen LogP contribution is 2.27. The molecule has 4 nitrogen and oxygen atoms in total. The van der Waals surface area contributed by atoms with E-state index in [0.717, 1.165) is 18.0 Å². The number of hydrogen-bond acceptors (Lipinski definition) is 5. The van der Waals surface area contributed by atoms with Gasteiger partial charge in [0.15, 0.2) is 5.82 Å². The molecule has 0 N–H and O–H groups in total. The van der Waals surface area contributed by atoms with Gasteiger partial charge in [-0.1, -0.05) is 0 Å². The number of halogens is 1. The van der Waals surface area contributed by atoms with Crippen LogP contribution in [0.4, 0.5) is 5.95 Å². The van der Waals surface area contributed by atoms with Crippen molar-refractivity contribution in [3.05, 3.63) is 22.3 Å². The smallest absolute Gasteiger partial charge is 0.230 e. The number of thiophene rings is 1. The molecule has 6 heteroatoms. The van der Waals surface area contributed by atoms with Crippen LogP contribution in [0.15, 0.2) is 12.1 Å². The Morgan fingerprint density at radius 3 is 2.58 bits per heavy atom. The molecule has 2 aromatic rings. The maximum absolute atomic E-state index is 6.04. The average molecular weight is 295 g/mol. The van der Waals surface area contributed by atoms with Crippen LogP contribution < -0.4 is 4.90 Å². The number of aromatic nitrogens is 3. The number of hydrogen-bond donors (Lipinski definition) is 0. The fourth-order valence-corrected chi connectivity index (χ4v) is 3.20. The largest absolute Gasteiger partial charge is 0.341 e. The average Bonchev–Trinajstić information content (AvgIpc) is 2.86. The highest BCUT2D eigenvalue weighted by Gasteiger charge is 2.16. The monoisotopic (exact) mass is 294 g/mol. The van der Waals surface area contributed by atoms with E-state index in [1.807, 2.05) is 6.07 Å². The molecule has 0 aliphatic carbocycles. The van der Waals surface area contributed by atoms with E-state index in [2.05, 4.69) is 32.8 Å². The third kappa shape index (κ3) is 2.87. The minimum absolute atomic E-state index is 0.275. The van der Waals surface area contributed by atoms with Crippen molar-refractivity contribution in [2.24, 2.45) is 0 Å². The molecule has 0 atom stereocenters. The number of aryl methyl sites for hydroxylation is 1. The molecule has 1 fully saturated rings. The summed E-state index contributed by atoms with van der Waals surface area (Å²) in [5.74, 6) is 1.39. The summed E-state index contributed by atoms with van der Waals surface area (Å²) in [6.45, 7) is 4.08. The van der Waals surface area contributed by atoms with E-state index in [9.17, 15) is 0 Å². The second-order valence-electron chi connectivity index (χ2n) is 4.69. The van der Waals surface area contributed by atoms with Crippen molar-refractivity contribution in [1.29, 1.82) is 0 Å². The molecule has 0 aromatic carbocycles. The summed E-state index contributed by atoms with van der Waals surface area (Å²) >= 11 is 7.72. The van der Waals surface area contributed by atoms with Crippen molar-refractivity contribution >= 4 is 28.9 Å². The highest BCUT2D eigenvalue weighted by atomic mass is 35.5. The predicted octanol–water partition coefficient (Wildman–Crippen LogP) is 3.55. The summed E-state index contributed by atoms with van der Waals surface area (Å²) in [6.07, 6.45) is 3.67. The van der Waals surface area contributed by atoms with E-state index in [1.165, 1.54) is 24.1 Å². The van der Waals surface area contributed by atoms with Gasteiger partial charge in [-0.2, -0.15) is 15.0 Å². The fraction of sp³-hybridized carbons (Fsp3) is 0.462. The quantitative estimate of drug-likeness (QED) is 0.849. The second-order valence-corrected chi connectivity index (χ2v) is 6.31. The molecule has 2 aromatic heterocycles. The first-order valence-electron chi connectivity index (χ1n) is 6.46. The van der Waals surface area contributed by atoms with Crippen molar-refractivity contribution < 1.29 is 0 Å². The second kappa shape index (κ2) is 5.43. The molecule has 1 aliphatic heterocycles. The van der Waals surface area contributed by atoms with Crippen molar-refractivity contribution in [2.45, 2.75) is 26.2 Å². The Morgan fingerprint density at radius 2 is 1.89 bits per heavy atom. The van der Waals surface area contributed by atoms with Crippen molar-refractivity contribution in [3.63, 3.8) is 0 Å². The molecule has 19 heavy (non-hydrogen) atoms. The van der Waals surface area contributed by atoms with Gasteiger partial charge in [0.2, 0.25) is 11.2 Å². The SMILES string of the molecule is Cc1ccc(-c2nc(Cl)nc(N3CCCCC3)n2)s1. The lowest BCUT2D eigenvalue weighted by molar-refractivity contribution is 0.567. The number of rotatable bonds is 2. The van der Waals surface area contributed by atoms with Crippen molar-refractivity contribution in [1.82, 2.24) is 15.0 Å². The molecule has 0 spiro atoms. The topological polar surface area (TPSA) is 41.9 Å². The summed E-state index contributed by atoms with van der Waals surface area (Å²) in [5, 5.41) is 0.275. The van der Waals surface area contributed by atoms with Crippen LogP contribution in [0.3, 0.4) is 0 Å². The summed E-state index contributed by atoms with van der Waals surface area (Å²) in [4.78, 5) is 17.6. The van der Waals surface area contributed by atoms with Crippen molar-refractivity contribution in [3.8, 4) is 10.7 Å². The summed E-state index contributed by atoms with van der Waals surface area (Å²) < 4.78 is 0. The Bertz CT molecular complexity index is 578. The number of piperidine rings is 1. The maximum Gasteiger partial charge on any atom is 0.230 e. The van der Waals surface area contributed by atoms with Gasteiger partial charge in [-0.05, 0) is 49.9 Å². The fourth-order valence-electron chi connectivity index (χ4n) is 2.24. The summed E-state index contributed by atoms with van der Waals surface area (Å²) in [5.41, 5.74) is 0. The zero-order valence-corrected chi connectivity index (χ0v) is 12.3. The Balaban J connectivity index is 1.95.